The summed E-state index contributed by atoms with van der Waals surface area (Å²) in [5.74, 6) is 0.987. The number of nitrogens with one attached hydrogen (secondary N) is 2. The second kappa shape index (κ2) is 10.00. The van der Waals surface area contributed by atoms with Gasteiger partial charge in [0, 0.05) is 25.2 Å². The van der Waals surface area contributed by atoms with Crippen LogP contribution in [0.15, 0.2) is 17.1 Å². The Balaban J connectivity index is 0.00000208. The Bertz CT molecular complexity index is 415. The molecule has 0 aromatic rings. The van der Waals surface area contributed by atoms with Gasteiger partial charge in [-0.15, -0.1) is 24.0 Å². The van der Waals surface area contributed by atoms with Crippen molar-refractivity contribution < 1.29 is 0 Å². The van der Waals surface area contributed by atoms with Crippen LogP contribution in [0.2, 0.25) is 0 Å². The minimum absolute atomic E-state index is 0. The molecule has 1 saturated heterocycles. The number of hydrogen-bond acceptors (Lipinski definition) is 2. The van der Waals surface area contributed by atoms with Gasteiger partial charge in [-0.25, -0.2) is 0 Å². The van der Waals surface area contributed by atoms with Crippen molar-refractivity contribution in [1.29, 1.82) is 0 Å². The standard InChI is InChI=1S/C19H34N4.HI/c1-20-18(22-17-10-4-5-11-17)21-16-19(12-6-2-7-13-19)23-14-8-3-9-15-23;/h4-5,17H,2-3,6-16H2,1H3,(H2,20,21,22);1H. The third-order valence-electron chi connectivity index (χ3n) is 5.97. The Morgan fingerprint density at radius 1 is 1.04 bits per heavy atom. The van der Waals surface area contributed by atoms with Gasteiger partial charge < -0.3 is 10.6 Å². The summed E-state index contributed by atoms with van der Waals surface area (Å²) in [5, 5.41) is 7.26. The van der Waals surface area contributed by atoms with Crippen molar-refractivity contribution in [2.45, 2.75) is 75.8 Å². The van der Waals surface area contributed by atoms with Crippen LogP contribution in [-0.4, -0.2) is 49.1 Å². The van der Waals surface area contributed by atoms with Crippen LogP contribution in [0.3, 0.4) is 0 Å². The number of likely N-dealkylation sites (tertiary alicyclic amines) is 1. The zero-order valence-corrected chi connectivity index (χ0v) is 17.6. The molecule has 1 saturated carbocycles. The highest BCUT2D eigenvalue weighted by atomic mass is 127. The van der Waals surface area contributed by atoms with Gasteiger partial charge in [-0.05, 0) is 51.6 Å². The average molecular weight is 446 g/mol. The predicted molar refractivity (Wildman–Crippen MR) is 113 cm³/mol. The number of halogens is 1. The van der Waals surface area contributed by atoms with E-state index >= 15 is 0 Å². The van der Waals surface area contributed by atoms with Gasteiger partial charge in [-0.3, -0.25) is 9.89 Å². The van der Waals surface area contributed by atoms with Crippen LogP contribution < -0.4 is 10.6 Å². The maximum absolute atomic E-state index is 4.46. The van der Waals surface area contributed by atoms with Crippen LogP contribution in [0.1, 0.15) is 64.2 Å². The molecule has 0 radical (unpaired) electrons. The second-order valence-electron chi connectivity index (χ2n) is 7.54. The molecule has 3 aliphatic rings. The van der Waals surface area contributed by atoms with E-state index in [4.69, 9.17) is 0 Å². The van der Waals surface area contributed by atoms with Crippen LogP contribution in [0, 0.1) is 0 Å². The van der Waals surface area contributed by atoms with Gasteiger partial charge in [0.1, 0.15) is 0 Å². The summed E-state index contributed by atoms with van der Waals surface area (Å²) < 4.78 is 0. The fourth-order valence-electron chi connectivity index (χ4n) is 4.55. The molecule has 5 heteroatoms. The van der Waals surface area contributed by atoms with Gasteiger partial charge in [0.05, 0.1) is 0 Å². The van der Waals surface area contributed by atoms with Gasteiger partial charge in [-0.1, -0.05) is 37.8 Å². The van der Waals surface area contributed by atoms with Crippen molar-refractivity contribution in [2.75, 3.05) is 26.7 Å². The molecule has 2 aliphatic carbocycles. The molecule has 138 valence electrons. The topological polar surface area (TPSA) is 39.7 Å². The summed E-state index contributed by atoms with van der Waals surface area (Å²) in [6.45, 7) is 3.63. The summed E-state index contributed by atoms with van der Waals surface area (Å²) >= 11 is 0. The molecule has 24 heavy (non-hydrogen) atoms. The lowest BCUT2D eigenvalue weighted by Crippen LogP contribution is -2.59. The van der Waals surface area contributed by atoms with Gasteiger partial charge in [0.15, 0.2) is 5.96 Å². The SMILES string of the molecule is CN=C(NCC1(N2CCCCC2)CCCCC1)NC1CC=CC1.I. The van der Waals surface area contributed by atoms with E-state index in [1.165, 1.54) is 64.5 Å². The van der Waals surface area contributed by atoms with E-state index in [9.17, 15) is 0 Å². The van der Waals surface area contributed by atoms with Crippen molar-refractivity contribution in [1.82, 2.24) is 15.5 Å². The molecule has 0 atom stereocenters. The Hall–Kier alpha value is -0.300. The maximum atomic E-state index is 4.46. The van der Waals surface area contributed by atoms with Crippen LogP contribution in [-0.2, 0) is 0 Å². The largest absolute Gasteiger partial charge is 0.355 e. The Morgan fingerprint density at radius 2 is 1.67 bits per heavy atom. The van der Waals surface area contributed by atoms with Crippen molar-refractivity contribution >= 4 is 29.9 Å². The highest BCUT2D eigenvalue weighted by Crippen LogP contribution is 2.35. The number of nitrogens with zero attached hydrogens (tertiary/aromatic N) is 2. The fourth-order valence-corrected chi connectivity index (χ4v) is 4.55. The highest BCUT2D eigenvalue weighted by molar-refractivity contribution is 14.0. The number of hydrogen-bond donors (Lipinski definition) is 2. The molecule has 1 aliphatic heterocycles. The number of guanidine groups is 1. The van der Waals surface area contributed by atoms with Crippen LogP contribution in [0.4, 0.5) is 0 Å². The van der Waals surface area contributed by atoms with Gasteiger partial charge in [0.2, 0.25) is 0 Å². The van der Waals surface area contributed by atoms with Crippen LogP contribution in [0.5, 0.6) is 0 Å². The van der Waals surface area contributed by atoms with E-state index in [0.29, 0.717) is 11.6 Å². The Labute approximate surface area is 164 Å². The third kappa shape index (κ3) is 5.10. The average Bonchev–Trinajstić information content (AvgIpc) is 3.13. The second-order valence-corrected chi connectivity index (χ2v) is 7.54. The molecule has 0 amide bonds. The van der Waals surface area contributed by atoms with Crippen molar-refractivity contribution in [3.05, 3.63) is 12.2 Å². The van der Waals surface area contributed by atoms with E-state index in [1.54, 1.807) is 0 Å². The molecule has 2 N–H and O–H groups in total. The number of piperidine rings is 1. The lowest BCUT2D eigenvalue weighted by Gasteiger charge is -2.48. The molecular weight excluding hydrogens is 411 g/mol. The first-order valence-corrected chi connectivity index (χ1v) is 9.70. The van der Waals surface area contributed by atoms with Crippen LogP contribution >= 0.6 is 24.0 Å². The first kappa shape index (κ1) is 20.0. The van der Waals surface area contributed by atoms with E-state index < -0.39 is 0 Å². The lowest BCUT2D eigenvalue weighted by atomic mass is 9.79. The third-order valence-corrected chi connectivity index (χ3v) is 5.97. The molecule has 0 spiro atoms. The Kier molecular flexibility index (Phi) is 8.34. The highest BCUT2D eigenvalue weighted by Gasteiger charge is 2.38. The molecule has 0 bridgehead atoms. The van der Waals surface area contributed by atoms with Gasteiger partial charge in [-0.2, -0.15) is 0 Å². The summed E-state index contributed by atoms with van der Waals surface area (Å²) in [6, 6.07) is 0.526. The zero-order chi connectivity index (χ0) is 16.0. The first-order valence-electron chi connectivity index (χ1n) is 9.70. The zero-order valence-electron chi connectivity index (χ0n) is 15.2. The normalized spacial score (nSPS) is 25.3. The van der Waals surface area contributed by atoms with Crippen molar-refractivity contribution in [2.24, 2.45) is 4.99 Å². The Morgan fingerprint density at radius 3 is 2.29 bits per heavy atom. The number of rotatable bonds is 4. The van der Waals surface area contributed by atoms with Gasteiger partial charge in [0.25, 0.3) is 0 Å². The molecule has 1 heterocycles. The smallest absolute Gasteiger partial charge is 0.191 e. The molecule has 0 aromatic carbocycles. The predicted octanol–water partition coefficient (Wildman–Crippen LogP) is 3.68. The maximum Gasteiger partial charge on any atom is 0.191 e. The quantitative estimate of drug-likeness (QED) is 0.300. The summed E-state index contributed by atoms with van der Waals surface area (Å²) in [7, 11) is 1.89. The monoisotopic (exact) mass is 446 g/mol. The van der Waals surface area contributed by atoms with E-state index in [1.807, 2.05) is 7.05 Å². The minimum atomic E-state index is 0. The first-order chi connectivity index (χ1) is 11.3. The molecule has 2 fully saturated rings. The number of aliphatic imine (C=N–C) groups is 1. The lowest BCUT2D eigenvalue weighted by molar-refractivity contribution is 0.0368. The minimum Gasteiger partial charge on any atom is -0.355 e. The van der Waals surface area contributed by atoms with Crippen LogP contribution in [0.25, 0.3) is 0 Å². The van der Waals surface area contributed by atoms with E-state index in [0.717, 1.165) is 25.3 Å². The molecule has 3 rings (SSSR count). The van der Waals surface area contributed by atoms with E-state index in [-0.39, 0.29) is 24.0 Å². The van der Waals surface area contributed by atoms with E-state index in [2.05, 4.69) is 32.7 Å². The summed E-state index contributed by atoms with van der Waals surface area (Å²) in [5.41, 5.74) is 0.365. The molecular formula is C19H35IN4. The molecule has 4 nitrogen and oxygen atoms in total. The summed E-state index contributed by atoms with van der Waals surface area (Å²) in [4.78, 5) is 7.26. The summed E-state index contributed by atoms with van der Waals surface area (Å²) in [6.07, 6.45) is 17.8. The van der Waals surface area contributed by atoms with Crippen molar-refractivity contribution in [3.8, 4) is 0 Å². The molecule has 0 aromatic heterocycles. The fraction of sp³-hybridized carbons (Fsp3) is 0.842. The molecule has 0 unspecified atom stereocenters. The van der Waals surface area contributed by atoms with Gasteiger partial charge >= 0.3 is 0 Å². The van der Waals surface area contributed by atoms with Crippen molar-refractivity contribution in [3.63, 3.8) is 0 Å².